The third-order valence-electron chi connectivity index (χ3n) is 2.45. The molecule has 1 aromatic rings. The third-order valence-corrected chi connectivity index (χ3v) is 3.24. The molecule has 0 spiro atoms. The summed E-state index contributed by atoms with van der Waals surface area (Å²) in [5, 5.41) is 6.73. The number of hydrogen-bond donors (Lipinski definition) is 1. The maximum atomic E-state index is 5.53. The minimum atomic E-state index is 0.338. The lowest BCUT2D eigenvalue weighted by Gasteiger charge is -2.12. The van der Waals surface area contributed by atoms with Crippen LogP contribution in [0.4, 0.5) is 0 Å². The molecule has 98 valence electrons. The van der Waals surface area contributed by atoms with Crippen molar-refractivity contribution in [3.8, 4) is 0 Å². The second kappa shape index (κ2) is 7.80. The highest BCUT2D eigenvalue weighted by Crippen LogP contribution is 2.15. The first-order valence-corrected chi connectivity index (χ1v) is 7.20. The maximum absolute atomic E-state index is 5.53. The van der Waals surface area contributed by atoms with Crippen LogP contribution in [0.3, 0.4) is 0 Å². The monoisotopic (exact) mass is 256 g/mol. The molecular weight excluding hydrogens is 232 g/mol. The van der Waals surface area contributed by atoms with Gasteiger partial charge in [0.15, 0.2) is 0 Å². The lowest BCUT2D eigenvalue weighted by molar-refractivity contribution is 0.107. The van der Waals surface area contributed by atoms with E-state index < -0.39 is 0 Å². The van der Waals surface area contributed by atoms with Crippen molar-refractivity contribution in [3.63, 3.8) is 0 Å². The summed E-state index contributed by atoms with van der Waals surface area (Å²) in [6.07, 6.45) is 1.06. The Bertz CT molecular complexity index is 312. The van der Waals surface area contributed by atoms with Crippen molar-refractivity contribution < 1.29 is 4.74 Å². The number of aryl methyl sites for hydroxylation is 1. The number of rotatable bonds is 8. The Kier molecular flexibility index (Phi) is 6.70. The number of nitrogens with one attached hydrogen (secondary N) is 1. The van der Waals surface area contributed by atoms with Crippen LogP contribution in [0.15, 0.2) is 5.38 Å². The van der Waals surface area contributed by atoms with Gasteiger partial charge in [-0.2, -0.15) is 0 Å². The van der Waals surface area contributed by atoms with Gasteiger partial charge in [-0.25, -0.2) is 4.98 Å². The summed E-state index contributed by atoms with van der Waals surface area (Å²) in [6.45, 7) is 11.2. The first-order valence-electron chi connectivity index (χ1n) is 6.32. The molecule has 0 amide bonds. The number of hydrogen-bond acceptors (Lipinski definition) is 4. The van der Waals surface area contributed by atoms with E-state index in [1.165, 1.54) is 0 Å². The van der Waals surface area contributed by atoms with Crippen LogP contribution in [0.5, 0.6) is 0 Å². The van der Waals surface area contributed by atoms with Crippen LogP contribution in [0, 0.1) is 12.8 Å². The second-order valence-electron chi connectivity index (χ2n) is 4.79. The van der Waals surface area contributed by atoms with Crippen LogP contribution in [0.1, 0.15) is 43.9 Å². The van der Waals surface area contributed by atoms with Crippen molar-refractivity contribution in [3.05, 3.63) is 16.1 Å². The highest BCUT2D eigenvalue weighted by molar-refractivity contribution is 7.09. The molecule has 17 heavy (non-hydrogen) atoms. The van der Waals surface area contributed by atoms with Crippen molar-refractivity contribution in [1.29, 1.82) is 0 Å². The lowest BCUT2D eigenvalue weighted by atomic mass is 10.2. The topological polar surface area (TPSA) is 34.2 Å². The Morgan fingerprint density at radius 3 is 2.76 bits per heavy atom. The molecule has 1 heterocycles. The van der Waals surface area contributed by atoms with Gasteiger partial charge in [0.05, 0.1) is 10.7 Å². The molecule has 0 saturated heterocycles. The molecule has 0 aliphatic rings. The van der Waals surface area contributed by atoms with Crippen LogP contribution >= 0.6 is 11.3 Å². The van der Waals surface area contributed by atoms with Crippen LogP contribution in [0.2, 0.25) is 0 Å². The summed E-state index contributed by atoms with van der Waals surface area (Å²) in [5.41, 5.74) is 1.15. The molecule has 0 aliphatic heterocycles. The van der Waals surface area contributed by atoms with E-state index in [9.17, 15) is 0 Å². The standard InChI is InChI=1S/C13H24N2OS/c1-10(2)8-16-7-5-6-14-11(3)13-9-17-12(4)15-13/h9-11,14H,5-8H2,1-4H3. The zero-order chi connectivity index (χ0) is 12.7. The molecule has 0 fully saturated rings. The average Bonchev–Trinajstić information content (AvgIpc) is 2.69. The molecule has 1 rings (SSSR count). The second-order valence-corrected chi connectivity index (χ2v) is 5.85. The predicted molar refractivity (Wildman–Crippen MR) is 73.5 cm³/mol. The highest BCUT2D eigenvalue weighted by atomic mass is 32.1. The van der Waals surface area contributed by atoms with Gasteiger partial charge >= 0.3 is 0 Å². The van der Waals surface area contributed by atoms with Gasteiger partial charge < -0.3 is 10.1 Å². The Morgan fingerprint density at radius 1 is 1.41 bits per heavy atom. The summed E-state index contributed by atoms with van der Waals surface area (Å²) in [4.78, 5) is 4.47. The quantitative estimate of drug-likeness (QED) is 0.725. The number of ether oxygens (including phenoxy) is 1. The van der Waals surface area contributed by atoms with Crippen molar-refractivity contribution in [1.82, 2.24) is 10.3 Å². The van der Waals surface area contributed by atoms with Gasteiger partial charge in [-0.05, 0) is 32.7 Å². The summed E-state index contributed by atoms with van der Waals surface area (Å²) in [5.74, 6) is 0.625. The van der Waals surface area contributed by atoms with Gasteiger partial charge in [0.1, 0.15) is 0 Å². The number of aromatic nitrogens is 1. The van der Waals surface area contributed by atoms with Crippen LogP contribution in [-0.2, 0) is 4.74 Å². The van der Waals surface area contributed by atoms with Gasteiger partial charge in [0, 0.05) is 24.6 Å². The van der Waals surface area contributed by atoms with Crippen molar-refractivity contribution in [2.75, 3.05) is 19.8 Å². The lowest BCUT2D eigenvalue weighted by Crippen LogP contribution is -2.21. The van der Waals surface area contributed by atoms with E-state index in [0.717, 1.165) is 36.9 Å². The van der Waals surface area contributed by atoms with Crippen LogP contribution in [-0.4, -0.2) is 24.7 Å². The summed E-state index contributed by atoms with van der Waals surface area (Å²) in [6, 6.07) is 0.338. The van der Waals surface area contributed by atoms with E-state index in [1.54, 1.807) is 11.3 Å². The smallest absolute Gasteiger partial charge is 0.0898 e. The molecule has 0 saturated carbocycles. The molecule has 0 radical (unpaired) electrons. The van der Waals surface area contributed by atoms with E-state index in [4.69, 9.17) is 4.74 Å². The molecule has 4 heteroatoms. The Balaban J connectivity index is 2.06. The minimum absolute atomic E-state index is 0.338. The summed E-state index contributed by atoms with van der Waals surface area (Å²) < 4.78 is 5.53. The molecule has 0 bridgehead atoms. The zero-order valence-electron chi connectivity index (χ0n) is 11.3. The van der Waals surface area contributed by atoms with Crippen molar-refractivity contribution >= 4 is 11.3 Å². The van der Waals surface area contributed by atoms with Crippen molar-refractivity contribution in [2.24, 2.45) is 5.92 Å². The van der Waals surface area contributed by atoms with Crippen LogP contribution < -0.4 is 5.32 Å². The fourth-order valence-electron chi connectivity index (χ4n) is 1.50. The summed E-state index contributed by atoms with van der Waals surface area (Å²) in [7, 11) is 0. The van der Waals surface area contributed by atoms with E-state index in [2.05, 4.69) is 36.5 Å². The number of thiazole rings is 1. The summed E-state index contributed by atoms with van der Waals surface area (Å²) >= 11 is 1.71. The Labute approximate surface area is 109 Å². The molecule has 0 aliphatic carbocycles. The average molecular weight is 256 g/mol. The van der Waals surface area contributed by atoms with E-state index >= 15 is 0 Å². The highest BCUT2D eigenvalue weighted by Gasteiger charge is 2.07. The van der Waals surface area contributed by atoms with Gasteiger partial charge in [0.2, 0.25) is 0 Å². The Hall–Kier alpha value is -0.450. The number of nitrogens with zero attached hydrogens (tertiary/aromatic N) is 1. The Morgan fingerprint density at radius 2 is 2.18 bits per heavy atom. The van der Waals surface area contributed by atoms with E-state index in [-0.39, 0.29) is 0 Å². The first kappa shape index (κ1) is 14.6. The minimum Gasteiger partial charge on any atom is -0.381 e. The van der Waals surface area contributed by atoms with Gasteiger partial charge in [-0.15, -0.1) is 11.3 Å². The fourth-order valence-corrected chi connectivity index (χ4v) is 2.20. The van der Waals surface area contributed by atoms with Gasteiger partial charge in [-0.3, -0.25) is 0 Å². The molecule has 1 aromatic heterocycles. The van der Waals surface area contributed by atoms with Crippen molar-refractivity contribution in [2.45, 2.75) is 40.2 Å². The van der Waals surface area contributed by atoms with Gasteiger partial charge in [0.25, 0.3) is 0 Å². The molecule has 0 aromatic carbocycles. The van der Waals surface area contributed by atoms with Gasteiger partial charge in [-0.1, -0.05) is 13.8 Å². The fraction of sp³-hybridized carbons (Fsp3) is 0.769. The third kappa shape index (κ3) is 6.15. The zero-order valence-corrected chi connectivity index (χ0v) is 12.1. The SMILES string of the molecule is Cc1nc(C(C)NCCCOCC(C)C)cs1. The molecule has 1 atom stereocenters. The first-order chi connectivity index (χ1) is 8.09. The van der Waals surface area contributed by atoms with Crippen LogP contribution in [0.25, 0.3) is 0 Å². The molecule has 1 N–H and O–H groups in total. The van der Waals surface area contributed by atoms with E-state index in [1.807, 2.05) is 6.92 Å². The molecule has 3 nitrogen and oxygen atoms in total. The largest absolute Gasteiger partial charge is 0.381 e. The normalized spacial score (nSPS) is 13.2. The molecular formula is C13H24N2OS. The predicted octanol–water partition coefficient (Wildman–Crippen LogP) is 3.16. The molecule has 1 unspecified atom stereocenters. The van der Waals surface area contributed by atoms with E-state index in [0.29, 0.717) is 12.0 Å². The maximum Gasteiger partial charge on any atom is 0.0898 e.